The molecule has 0 saturated heterocycles. The second-order valence-electron chi connectivity index (χ2n) is 4.65. The van der Waals surface area contributed by atoms with Crippen molar-refractivity contribution in [2.24, 2.45) is 0 Å². The van der Waals surface area contributed by atoms with E-state index in [1.165, 1.54) is 0 Å². The summed E-state index contributed by atoms with van der Waals surface area (Å²) in [7, 11) is 0. The number of anilines is 1. The lowest BCUT2D eigenvalue weighted by molar-refractivity contribution is -0.382. The van der Waals surface area contributed by atoms with Gasteiger partial charge in [-0.1, -0.05) is 30.3 Å². The summed E-state index contributed by atoms with van der Waals surface area (Å²) in [6, 6.07) is 11.3. The maximum Gasteiger partial charge on any atom is 0.323 e. The van der Waals surface area contributed by atoms with Gasteiger partial charge in [-0.3, -0.25) is 10.1 Å². The Balaban J connectivity index is 2.01. The van der Waals surface area contributed by atoms with E-state index >= 15 is 0 Å². The highest BCUT2D eigenvalue weighted by atomic mass is 16.6. The molecule has 3 aromatic rings. The SMILES string of the molecule is Cc1cc(NCc2ccccc2)c([N+](=O)[O-])c2nonc12. The molecule has 0 aliphatic carbocycles. The van der Waals surface area contributed by atoms with Gasteiger partial charge in [-0.05, 0) is 34.4 Å². The molecule has 1 N–H and O–H groups in total. The summed E-state index contributed by atoms with van der Waals surface area (Å²) in [5, 5.41) is 21.7. The minimum absolute atomic E-state index is 0.118. The van der Waals surface area contributed by atoms with E-state index in [9.17, 15) is 10.1 Å². The first kappa shape index (κ1) is 13.0. The van der Waals surface area contributed by atoms with Crippen LogP contribution in [0.4, 0.5) is 11.4 Å². The molecule has 0 amide bonds. The molecule has 0 unspecified atom stereocenters. The third kappa shape index (κ3) is 2.40. The molecule has 0 saturated carbocycles. The van der Waals surface area contributed by atoms with Gasteiger partial charge in [0.25, 0.3) is 0 Å². The zero-order valence-corrected chi connectivity index (χ0v) is 11.2. The number of rotatable bonds is 4. The molecule has 7 heteroatoms. The average molecular weight is 284 g/mol. The number of hydrogen-bond acceptors (Lipinski definition) is 6. The molecule has 0 aliphatic heterocycles. The second kappa shape index (κ2) is 5.20. The van der Waals surface area contributed by atoms with Gasteiger partial charge in [-0.2, -0.15) is 0 Å². The number of benzene rings is 2. The van der Waals surface area contributed by atoms with Crippen molar-refractivity contribution in [3.63, 3.8) is 0 Å². The minimum atomic E-state index is -0.473. The van der Waals surface area contributed by atoms with Gasteiger partial charge in [0.2, 0.25) is 5.52 Å². The molecule has 0 atom stereocenters. The highest BCUT2D eigenvalue weighted by Crippen LogP contribution is 2.34. The number of nitro groups is 1. The third-order valence-electron chi connectivity index (χ3n) is 3.21. The zero-order chi connectivity index (χ0) is 14.8. The lowest BCUT2D eigenvalue weighted by Crippen LogP contribution is -2.04. The van der Waals surface area contributed by atoms with Crippen LogP contribution in [0.3, 0.4) is 0 Å². The number of nitro benzene ring substituents is 1. The smallest absolute Gasteiger partial charge is 0.323 e. The van der Waals surface area contributed by atoms with Crippen LogP contribution in [0.15, 0.2) is 41.0 Å². The molecule has 1 aromatic heterocycles. The van der Waals surface area contributed by atoms with Crippen molar-refractivity contribution >= 4 is 22.4 Å². The summed E-state index contributed by atoms with van der Waals surface area (Å²) in [6.45, 7) is 2.29. The predicted molar refractivity (Wildman–Crippen MR) is 77.0 cm³/mol. The minimum Gasteiger partial charge on any atom is -0.375 e. The van der Waals surface area contributed by atoms with E-state index in [1.807, 2.05) is 37.3 Å². The largest absolute Gasteiger partial charge is 0.375 e. The number of hydrogen-bond donors (Lipinski definition) is 1. The normalized spacial score (nSPS) is 10.7. The molecular weight excluding hydrogens is 272 g/mol. The topological polar surface area (TPSA) is 94.1 Å². The molecule has 21 heavy (non-hydrogen) atoms. The molecule has 0 radical (unpaired) electrons. The van der Waals surface area contributed by atoms with Gasteiger partial charge in [0.15, 0.2) is 0 Å². The van der Waals surface area contributed by atoms with E-state index < -0.39 is 4.92 Å². The summed E-state index contributed by atoms with van der Waals surface area (Å²) in [5.74, 6) is 0. The lowest BCUT2D eigenvalue weighted by atomic mass is 10.1. The Morgan fingerprint density at radius 3 is 2.67 bits per heavy atom. The van der Waals surface area contributed by atoms with Crippen molar-refractivity contribution in [1.29, 1.82) is 0 Å². The van der Waals surface area contributed by atoms with Crippen LogP contribution in [-0.2, 0) is 6.54 Å². The van der Waals surface area contributed by atoms with Crippen LogP contribution in [0.2, 0.25) is 0 Å². The molecule has 2 aromatic carbocycles. The lowest BCUT2D eigenvalue weighted by Gasteiger charge is -2.08. The molecule has 0 fully saturated rings. The van der Waals surface area contributed by atoms with Crippen LogP contribution < -0.4 is 5.32 Å². The van der Waals surface area contributed by atoms with Crippen molar-refractivity contribution in [3.05, 3.63) is 57.6 Å². The summed E-state index contributed by atoms with van der Waals surface area (Å²) < 4.78 is 4.62. The first-order valence-corrected chi connectivity index (χ1v) is 6.35. The summed E-state index contributed by atoms with van der Waals surface area (Å²) in [5.41, 5.74) is 2.66. The Morgan fingerprint density at radius 2 is 1.95 bits per heavy atom. The van der Waals surface area contributed by atoms with Gasteiger partial charge in [0.1, 0.15) is 11.2 Å². The number of nitrogens with zero attached hydrogens (tertiary/aromatic N) is 3. The van der Waals surface area contributed by atoms with E-state index in [0.717, 1.165) is 11.1 Å². The summed E-state index contributed by atoms with van der Waals surface area (Å²) in [4.78, 5) is 10.8. The molecule has 1 heterocycles. The number of aromatic nitrogens is 2. The van der Waals surface area contributed by atoms with Gasteiger partial charge in [-0.25, -0.2) is 4.63 Å². The van der Waals surface area contributed by atoms with Crippen molar-refractivity contribution in [2.75, 3.05) is 5.32 Å². The molecular formula is C14H12N4O3. The predicted octanol–water partition coefficient (Wildman–Crippen LogP) is 3.05. The maximum atomic E-state index is 11.3. The summed E-state index contributed by atoms with van der Waals surface area (Å²) >= 11 is 0. The Kier molecular flexibility index (Phi) is 3.23. The fraction of sp³-hybridized carbons (Fsp3) is 0.143. The van der Waals surface area contributed by atoms with Crippen LogP contribution >= 0.6 is 0 Å². The Morgan fingerprint density at radius 1 is 1.24 bits per heavy atom. The van der Waals surface area contributed by atoms with Crippen LogP contribution in [-0.4, -0.2) is 15.2 Å². The third-order valence-corrected chi connectivity index (χ3v) is 3.21. The Hall–Kier alpha value is -2.96. The Bertz CT molecular complexity index is 799. The molecule has 0 bridgehead atoms. The first-order chi connectivity index (χ1) is 10.2. The van der Waals surface area contributed by atoms with E-state index in [0.29, 0.717) is 17.7 Å². The maximum absolute atomic E-state index is 11.3. The first-order valence-electron chi connectivity index (χ1n) is 6.35. The second-order valence-corrected chi connectivity index (χ2v) is 4.65. The average Bonchev–Trinajstić information content (AvgIpc) is 2.95. The molecule has 106 valence electrons. The van der Waals surface area contributed by atoms with Crippen LogP contribution in [0.1, 0.15) is 11.1 Å². The van der Waals surface area contributed by atoms with Crippen molar-refractivity contribution in [1.82, 2.24) is 10.3 Å². The number of nitrogens with one attached hydrogen (secondary N) is 1. The van der Waals surface area contributed by atoms with Crippen molar-refractivity contribution in [3.8, 4) is 0 Å². The van der Waals surface area contributed by atoms with Crippen molar-refractivity contribution in [2.45, 2.75) is 13.5 Å². The zero-order valence-electron chi connectivity index (χ0n) is 11.2. The highest BCUT2D eigenvalue weighted by Gasteiger charge is 2.24. The van der Waals surface area contributed by atoms with Crippen LogP contribution in [0.25, 0.3) is 11.0 Å². The number of aryl methyl sites for hydroxylation is 1. The van der Waals surface area contributed by atoms with Gasteiger partial charge < -0.3 is 5.32 Å². The fourth-order valence-electron chi connectivity index (χ4n) is 2.20. The molecule has 0 aliphatic rings. The Labute approximate surface area is 119 Å². The van der Waals surface area contributed by atoms with Crippen molar-refractivity contribution < 1.29 is 9.55 Å². The molecule has 7 nitrogen and oxygen atoms in total. The monoisotopic (exact) mass is 284 g/mol. The molecule has 0 spiro atoms. The summed E-state index contributed by atoms with van der Waals surface area (Å²) in [6.07, 6.45) is 0. The van der Waals surface area contributed by atoms with E-state index in [2.05, 4.69) is 20.3 Å². The van der Waals surface area contributed by atoms with Gasteiger partial charge in [-0.15, -0.1) is 0 Å². The van der Waals surface area contributed by atoms with Gasteiger partial charge in [0.05, 0.1) is 4.92 Å². The van der Waals surface area contributed by atoms with Crippen LogP contribution in [0, 0.1) is 17.0 Å². The standard InChI is InChI=1S/C14H12N4O3/c1-9-7-11(15-8-10-5-3-2-4-6-10)14(18(19)20)13-12(9)16-21-17-13/h2-7,15H,8H2,1H3. The van der Waals surface area contributed by atoms with E-state index in [-0.39, 0.29) is 11.2 Å². The van der Waals surface area contributed by atoms with Crippen LogP contribution in [0.5, 0.6) is 0 Å². The highest BCUT2D eigenvalue weighted by molar-refractivity contribution is 5.93. The fourth-order valence-corrected chi connectivity index (χ4v) is 2.20. The molecule has 3 rings (SSSR count). The van der Waals surface area contributed by atoms with Gasteiger partial charge >= 0.3 is 5.69 Å². The number of fused-ring (bicyclic) bond motifs is 1. The van der Waals surface area contributed by atoms with Gasteiger partial charge in [0, 0.05) is 6.54 Å². The van der Waals surface area contributed by atoms with E-state index in [1.54, 1.807) is 6.07 Å². The quantitative estimate of drug-likeness (QED) is 0.584. The van der Waals surface area contributed by atoms with E-state index in [4.69, 9.17) is 0 Å².